The van der Waals surface area contributed by atoms with E-state index in [0.29, 0.717) is 19.7 Å². The monoisotopic (exact) mass is 310 g/mol. The molecule has 0 spiro atoms. The van der Waals surface area contributed by atoms with Crippen LogP contribution in [0.15, 0.2) is 12.1 Å². The van der Waals surface area contributed by atoms with Crippen LogP contribution in [0, 0.1) is 6.92 Å². The van der Waals surface area contributed by atoms with Crippen LogP contribution in [0.5, 0.6) is 0 Å². The van der Waals surface area contributed by atoms with E-state index < -0.39 is 0 Å². The van der Waals surface area contributed by atoms with Gasteiger partial charge in [-0.05, 0) is 32.4 Å². The Bertz CT molecular complexity index is 501. The Balaban J connectivity index is 1.88. The normalized spacial score (nSPS) is 16.6. The van der Waals surface area contributed by atoms with E-state index in [0.717, 1.165) is 35.8 Å². The number of hydrogen-bond donors (Lipinski definition) is 0. The van der Waals surface area contributed by atoms with Crippen molar-refractivity contribution in [1.82, 2.24) is 9.80 Å². The summed E-state index contributed by atoms with van der Waals surface area (Å²) in [5.74, 6) is -0.0859. The molecule has 1 aromatic heterocycles. The van der Waals surface area contributed by atoms with E-state index in [4.69, 9.17) is 4.74 Å². The fourth-order valence-electron chi connectivity index (χ4n) is 2.43. The minimum Gasteiger partial charge on any atom is -0.465 e. The zero-order valence-corrected chi connectivity index (χ0v) is 13.4. The van der Waals surface area contributed by atoms with Gasteiger partial charge in [-0.25, -0.2) is 0 Å². The lowest BCUT2D eigenvalue weighted by atomic mass is 10.3. The van der Waals surface area contributed by atoms with E-state index >= 15 is 0 Å². The molecule has 1 saturated heterocycles. The zero-order valence-electron chi connectivity index (χ0n) is 12.6. The number of nitrogens with zero attached hydrogens (tertiary/aromatic N) is 2. The van der Waals surface area contributed by atoms with Gasteiger partial charge in [0.1, 0.15) is 0 Å². The predicted octanol–water partition coefficient (Wildman–Crippen LogP) is 1.77. The van der Waals surface area contributed by atoms with E-state index in [2.05, 4.69) is 4.90 Å². The van der Waals surface area contributed by atoms with Crippen molar-refractivity contribution in [3.63, 3.8) is 0 Å². The molecule has 1 aliphatic rings. The molecule has 0 unspecified atom stereocenters. The molecule has 1 amide bonds. The van der Waals surface area contributed by atoms with Gasteiger partial charge in [0.2, 0.25) is 0 Å². The van der Waals surface area contributed by atoms with Crippen LogP contribution >= 0.6 is 11.3 Å². The van der Waals surface area contributed by atoms with Crippen LogP contribution in [-0.2, 0) is 9.53 Å². The minimum absolute atomic E-state index is 0.103. The first kappa shape index (κ1) is 16.0. The highest BCUT2D eigenvalue weighted by atomic mass is 32.1. The lowest BCUT2D eigenvalue weighted by Crippen LogP contribution is -2.36. The highest BCUT2D eigenvalue weighted by Gasteiger charge is 2.22. The molecule has 0 bridgehead atoms. The van der Waals surface area contributed by atoms with Gasteiger partial charge in [0.15, 0.2) is 0 Å². The first-order chi connectivity index (χ1) is 10.1. The standard InChI is InChI=1S/C15H22N2O3S/c1-3-20-14(18)11-16-7-4-8-17(10-9-16)15(19)13-6-5-12(2)21-13/h5-6H,3-4,7-11H2,1-2H3. The van der Waals surface area contributed by atoms with Gasteiger partial charge in [-0.1, -0.05) is 0 Å². The second kappa shape index (κ2) is 7.56. The summed E-state index contributed by atoms with van der Waals surface area (Å²) in [5.41, 5.74) is 0. The summed E-state index contributed by atoms with van der Waals surface area (Å²) in [5, 5.41) is 0. The van der Waals surface area contributed by atoms with Crippen molar-refractivity contribution in [2.75, 3.05) is 39.3 Å². The van der Waals surface area contributed by atoms with Crippen LogP contribution in [-0.4, -0.2) is 61.0 Å². The number of ether oxygens (including phenoxy) is 1. The molecule has 116 valence electrons. The third-order valence-electron chi connectivity index (χ3n) is 3.48. The van der Waals surface area contributed by atoms with Gasteiger partial charge < -0.3 is 9.64 Å². The Morgan fingerprint density at radius 2 is 2.05 bits per heavy atom. The number of rotatable bonds is 4. The van der Waals surface area contributed by atoms with Gasteiger partial charge in [0, 0.05) is 31.1 Å². The number of carbonyl (C=O) groups excluding carboxylic acids is 2. The molecule has 0 aliphatic carbocycles. The smallest absolute Gasteiger partial charge is 0.320 e. The van der Waals surface area contributed by atoms with Crippen molar-refractivity contribution in [1.29, 1.82) is 0 Å². The number of carbonyl (C=O) groups is 2. The topological polar surface area (TPSA) is 49.9 Å². The highest BCUT2D eigenvalue weighted by molar-refractivity contribution is 7.13. The van der Waals surface area contributed by atoms with E-state index in [1.54, 1.807) is 0 Å². The molecule has 1 aliphatic heterocycles. The molecule has 1 aromatic rings. The predicted molar refractivity (Wildman–Crippen MR) is 82.6 cm³/mol. The maximum Gasteiger partial charge on any atom is 0.320 e. The van der Waals surface area contributed by atoms with Crippen LogP contribution < -0.4 is 0 Å². The molecule has 21 heavy (non-hydrogen) atoms. The molecule has 2 heterocycles. The average Bonchev–Trinajstić information content (AvgIpc) is 2.75. The second-order valence-electron chi connectivity index (χ2n) is 5.14. The summed E-state index contributed by atoms with van der Waals surface area (Å²) < 4.78 is 4.97. The Labute approximate surface area is 129 Å². The summed E-state index contributed by atoms with van der Waals surface area (Å²) in [4.78, 5) is 29.8. The molecule has 1 fully saturated rings. The van der Waals surface area contributed by atoms with Crippen LogP contribution in [0.25, 0.3) is 0 Å². The zero-order chi connectivity index (χ0) is 15.2. The Morgan fingerprint density at radius 3 is 2.71 bits per heavy atom. The Morgan fingerprint density at radius 1 is 1.24 bits per heavy atom. The highest BCUT2D eigenvalue weighted by Crippen LogP contribution is 2.18. The average molecular weight is 310 g/mol. The third-order valence-corrected chi connectivity index (χ3v) is 4.47. The van der Waals surface area contributed by atoms with E-state index in [1.165, 1.54) is 11.3 Å². The molecule has 2 rings (SSSR count). The van der Waals surface area contributed by atoms with Gasteiger partial charge >= 0.3 is 5.97 Å². The minimum atomic E-state index is -0.189. The lowest BCUT2D eigenvalue weighted by Gasteiger charge is -2.21. The molecular weight excluding hydrogens is 288 g/mol. The van der Waals surface area contributed by atoms with Gasteiger partial charge in [-0.2, -0.15) is 0 Å². The van der Waals surface area contributed by atoms with Crippen molar-refractivity contribution in [3.8, 4) is 0 Å². The van der Waals surface area contributed by atoms with Gasteiger partial charge in [-0.3, -0.25) is 14.5 Å². The van der Waals surface area contributed by atoms with Crippen molar-refractivity contribution in [2.45, 2.75) is 20.3 Å². The fourth-order valence-corrected chi connectivity index (χ4v) is 3.26. The van der Waals surface area contributed by atoms with Crippen molar-refractivity contribution in [2.24, 2.45) is 0 Å². The molecule has 6 heteroatoms. The lowest BCUT2D eigenvalue weighted by molar-refractivity contribution is -0.144. The quantitative estimate of drug-likeness (QED) is 0.795. The Hall–Kier alpha value is -1.40. The maximum absolute atomic E-state index is 12.4. The van der Waals surface area contributed by atoms with Crippen molar-refractivity contribution >= 4 is 23.2 Å². The largest absolute Gasteiger partial charge is 0.465 e. The molecule has 0 radical (unpaired) electrons. The SMILES string of the molecule is CCOC(=O)CN1CCCN(C(=O)c2ccc(C)s2)CC1. The summed E-state index contributed by atoms with van der Waals surface area (Å²) in [7, 11) is 0. The van der Waals surface area contributed by atoms with E-state index in [9.17, 15) is 9.59 Å². The van der Waals surface area contributed by atoms with Crippen molar-refractivity contribution in [3.05, 3.63) is 21.9 Å². The van der Waals surface area contributed by atoms with Crippen molar-refractivity contribution < 1.29 is 14.3 Å². The molecule has 5 nitrogen and oxygen atoms in total. The van der Waals surface area contributed by atoms with E-state index in [1.807, 2.05) is 30.9 Å². The van der Waals surface area contributed by atoms with Crippen LogP contribution in [0.3, 0.4) is 0 Å². The number of esters is 1. The van der Waals surface area contributed by atoms with Gasteiger partial charge in [0.05, 0.1) is 18.0 Å². The first-order valence-electron chi connectivity index (χ1n) is 7.34. The second-order valence-corrected chi connectivity index (χ2v) is 6.43. The third kappa shape index (κ3) is 4.54. The molecule has 0 N–H and O–H groups in total. The number of amides is 1. The number of aryl methyl sites for hydroxylation is 1. The molecule has 0 aromatic carbocycles. The van der Waals surface area contributed by atoms with Gasteiger partial charge in [-0.15, -0.1) is 11.3 Å². The fraction of sp³-hybridized carbons (Fsp3) is 0.600. The summed E-state index contributed by atoms with van der Waals surface area (Å²) in [6.07, 6.45) is 0.884. The number of hydrogen-bond acceptors (Lipinski definition) is 5. The molecular formula is C15H22N2O3S. The summed E-state index contributed by atoms with van der Waals surface area (Å²) >= 11 is 1.54. The van der Waals surface area contributed by atoms with Crippen LogP contribution in [0.4, 0.5) is 0 Å². The molecule has 0 atom stereocenters. The van der Waals surface area contributed by atoms with Crippen LogP contribution in [0.2, 0.25) is 0 Å². The first-order valence-corrected chi connectivity index (χ1v) is 8.15. The van der Waals surface area contributed by atoms with Crippen LogP contribution in [0.1, 0.15) is 27.9 Å². The summed E-state index contributed by atoms with van der Waals surface area (Å²) in [6.45, 7) is 7.49. The van der Waals surface area contributed by atoms with Gasteiger partial charge in [0.25, 0.3) is 5.91 Å². The Kier molecular flexibility index (Phi) is 5.76. The van der Waals surface area contributed by atoms with E-state index in [-0.39, 0.29) is 11.9 Å². The maximum atomic E-state index is 12.4. The number of thiophene rings is 1. The molecule has 0 saturated carbocycles. The summed E-state index contributed by atoms with van der Waals surface area (Å²) in [6, 6.07) is 3.87.